The Morgan fingerprint density at radius 2 is 1.56 bits per heavy atom. The monoisotopic (exact) mass is 553 g/mol. The van der Waals surface area contributed by atoms with Gasteiger partial charge in [0.05, 0.1) is 24.8 Å². The number of rotatable bonds is 11. The number of carbonyl (C=O) groups excluding carboxylic acids is 2. The van der Waals surface area contributed by atoms with Crippen LogP contribution in [0.1, 0.15) is 23.6 Å². The van der Waals surface area contributed by atoms with E-state index < -0.39 is 28.5 Å². The average Bonchev–Trinajstić information content (AvgIpc) is 2.94. The van der Waals surface area contributed by atoms with Crippen LogP contribution in [0.3, 0.4) is 0 Å². The smallest absolute Gasteiger partial charge is 0.264 e. The Balaban J connectivity index is 2.08. The van der Waals surface area contributed by atoms with Crippen LogP contribution in [0.4, 0.5) is 5.69 Å². The van der Waals surface area contributed by atoms with Crippen LogP contribution >= 0.6 is 0 Å². The van der Waals surface area contributed by atoms with Gasteiger partial charge in [0.25, 0.3) is 10.0 Å². The summed E-state index contributed by atoms with van der Waals surface area (Å²) in [5.41, 5.74) is 3.05. The summed E-state index contributed by atoms with van der Waals surface area (Å²) >= 11 is 0. The highest BCUT2D eigenvalue weighted by atomic mass is 32.2. The molecule has 208 valence electrons. The molecule has 0 aliphatic heterocycles. The largest absolute Gasteiger partial charge is 0.493 e. The molecule has 0 bridgehead atoms. The molecule has 0 aliphatic carbocycles. The molecule has 0 fully saturated rings. The Bertz CT molecular complexity index is 1420. The molecule has 3 rings (SSSR count). The zero-order chi connectivity index (χ0) is 28.7. The summed E-state index contributed by atoms with van der Waals surface area (Å²) in [6.45, 7) is 5.04. The Morgan fingerprint density at radius 3 is 2.15 bits per heavy atom. The first-order valence-electron chi connectivity index (χ1n) is 12.4. The number of nitrogens with one attached hydrogen (secondary N) is 1. The second kappa shape index (κ2) is 12.7. The van der Waals surface area contributed by atoms with Gasteiger partial charge in [0.15, 0.2) is 11.5 Å². The summed E-state index contributed by atoms with van der Waals surface area (Å²) in [4.78, 5) is 27.8. The first-order valence-corrected chi connectivity index (χ1v) is 13.8. The highest BCUT2D eigenvalue weighted by molar-refractivity contribution is 7.92. The Hall–Kier alpha value is -4.05. The fourth-order valence-electron chi connectivity index (χ4n) is 4.11. The van der Waals surface area contributed by atoms with E-state index in [2.05, 4.69) is 5.32 Å². The summed E-state index contributed by atoms with van der Waals surface area (Å²) < 4.78 is 39.6. The number of benzene rings is 3. The number of hydrogen-bond donors (Lipinski definition) is 1. The molecule has 0 saturated carbocycles. The van der Waals surface area contributed by atoms with Crippen molar-refractivity contribution in [2.45, 2.75) is 38.3 Å². The molecule has 0 unspecified atom stereocenters. The van der Waals surface area contributed by atoms with E-state index >= 15 is 0 Å². The first-order chi connectivity index (χ1) is 18.5. The van der Waals surface area contributed by atoms with Crippen LogP contribution in [0, 0.1) is 13.8 Å². The molecule has 0 saturated heterocycles. The van der Waals surface area contributed by atoms with Gasteiger partial charge in [-0.3, -0.25) is 13.9 Å². The number of anilines is 1. The summed E-state index contributed by atoms with van der Waals surface area (Å²) in [5, 5.41) is 2.58. The van der Waals surface area contributed by atoms with E-state index in [4.69, 9.17) is 9.47 Å². The van der Waals surface area contributed by atoms with E-state index in [1.165, 1.54) is 44.4 Å². The third kappa shape index (κ3) is 6.69. The first kappa shape index (κ1) is 29.5. The molecule has 0 radical (unpaired) electrons. The SMILES string of the molecule is CNC(=O)[C@H](C)N(Cc1ccccc1C)C(=O)CN(c1ccc(C)cc1)S(=O)(=O)c1ccc(OC)c(OC)c1. The Kier molecular flexibility index (Phi) is 9.58. The molecule has 9 nitrogen and oxygen atoms in total. The third-order valence-electron chi connectivity index (χ3n) is 6.56. The molecule has 1 N–H and O–H groups in total. The van der Waals surface area contributed by atoms with Gasteiger partial charge in [-0.1, -0.05) is 42.0 Å². The standard InChI is InChI=1S/C29H35N3O6S/c1-20-11-13-24(14-12-20)32(39(35,36)25-15-16-26(37-5)27(17-25)38-6)19-28(33)31(22(3)29(34)30-4)18-23-10-8-7-9-21(23)2/h7-17,22H,18-19H2,1-6H3,(H,30,34)/t22-/m0/s1. The van der Waals surface area contributed by atoms with Gasteiger partial charge in [-0.05, 0) is 56.2 Å². The lowest BCUT2D eigenvalue weighted by molar-refractivity contribution is -0.139. The fraction of sp³-hybridized carbons (Fsp3) is 0.310. The van der Waals surface area contributed by atoms with Crippen molar-refractivity contribution in [2.75, 3.05) is 32.1 Å². The van der Waals surface area contributed by atoms with E-state index in [0.717, 1.165) is 21.0 Å². The van der Waals surface area contributed by atoms with Gasteiger partial charge in [0.1, 0.15) is 12.6 Å². The highest BCUT2D eigenvalue weighted by Crippen LogP contribution is 2.32. The van der Waals surface area contributed by atoms with Crippen LogP contribution in [-0.2, 0) is 26.2 Å². The average molecular weight is 554 g/mol. The fourth-order valence-corrected chi connectivity index (χ4v) is 5.54. The topological polar surface area (TPSA) is 105 Å². The highest BCUT2D eigenvalue weighted by Gasteiger charge is 2.33. The van der Waals surface area contributed by atoms with Gasteiger partial charge < -0.3 is 19.7 Å². The van der Waals surface area contributed by atoms with Crippen LogP contribution in [0.25, 0.3) is 0 Å². The minimum absolute atomic E-state index is 0.0710. The maximum absolute atomic E-state index is 14.0. The molecule has 3 aromatic rings. The third-order valence-corrected chi connectivity index (χ3v) is 8.33. The van der Waals surface area contributed by atoms with Gasteiger partial charge >= 0.3 is 0 Å². The summed E-state index contributed by atoms with van der Waals surface area (Å²) in [7, 11) is 0.134. The van der Waals surface area contributed by atoms with Crippen LogP contribution in [0.15, 0.2) is 71.6 Å². The van der Waals surface area contributed by atoms with E-state index in [1.807, 2.05) is 38.1 Å². The zero-order valence-corrected chi connectivity index (χ0v) is 23.9. The molecule has 0 aliphatic rings. The van der Waals surface area contributed by atoms with Crippen LogP contribution < -0.4 is 19.1 Å². The van der Waals surface area contributed by atoms with Crippen molar-refractivity contribution in [3.8, 4) is 11.5 Å². The maximum atomic E-state index is 14.0. The molecule has 2 amide bonds. The van der Waals surface area contributed by atoms with Crippen LogP contribution in [-0.4, -0.2) is 59.0 Å². The second-order valence-electron chi connectivity index (χ2n) is 9.10. The summed E-state index contributed by atoms with van der Waals surface area (Å²) in [6.07, 6.45) is 0. The lowest BCUT2D eigenvalue weighted by Gasteiger charge is -2.32. The number of carbonyl (C=O) groups is 2. The molecular formula is C29H35N3O6S. The number of amides is 2. The zero-order valence-electron chi connectivity index (χ0n) is 23.1. The summed E-state index contributed by atoms with van der Waals surface area (Å²) in [5.74, 6) is -0.276. The molecule has 39 heavy (non-hydrogen) atoms. The number of methoxy groups -OCH3 is 2. The van der Waals surface area contributed by atoms with Crippen molar-refractivity contribution in [1.29, 1.82) is 0 Å². The number of aryl methyl sites for hydroxylation is 2. The Labute approximate surface area is 230 Å². The van der Waals surface area contributed by atoms with Crippen molar-refractivity contribution >= 4 is 27.5 Å². The lowest BCUT2D eigenvalue weighted by atomic mass is 10.1. The van der Waals surface area contributed by atoms with Gasteiger partial charge in [-0.15, -0.1) is 0 Å². The number of likely N-dealkylation sites (N-methyl/N-ethyl adjacent to an activating group) is 1. The number of hydrogen-bond acceptors (Lipinski definition) is 6. The van der Waals surface area contributed by atoms with Crippen molar-refractivity contribution in [1.82, 2.24) is 10.2 Å². The molecule has 0 spiro atoms. The van der Waals surface area contributed by atoms with Gasteiger partial charge in [0, 0.05) is 19.7 Å². The Morgan fingerprint density at radius 1 is 0.923 bits per heavy atom. The molecular weight excluding hydrogens is 518 g/mol. The molecule has 10 heteroatoms. The molecule has 3 aromatic carbocycles. The minimum Gasteiger partial charge on any atom is -0.493 e. The quantitative estimate of drug-likeness (QED) is 0.389. The van der Waals surface area contributed by atoms with E-state index in [0.29, 0.717) is 11.4 Å². The molecule has 1 atom stereocenters. The van der Waals surface area contributed by atoms with E-state index in [-0.39, 0.29) is 23.1 Å². The number of nitrogens with zero attached hydrogens (tertiary/aromatic N) is 2. The van der Waals surface area contributed by atoms with Gasteiger partial charge in [0.2, 0.25) is 11.8 Å². The molecule has 0 aromatic heterocycles. The lowest BCUT2D eigenvalue weighted by Crippen LogP contribution is -2.50. The normalized spacial score (nSPS) is 11.8. The van der Waals surface area contributed by atoms with Crippen molar-refractivity contribution in [3.05, 3.63) is 83.4 Å². The minimum atomic E-state index is -4.24. The summed E-state index contributed by atoms with van der Waals surface area (Å²) in [6, 6.07) is 17.8. The van der Waals surface area contributed by atoms with Crippen molar-refractivity contribution < 1.29 is 27.5 Å². The van der Waals surface area contributed by atoms with E-state index in [1.54, 1.807) is 31.2 Å². The maximum Gasteiger partial charge on any atom is 0.264 e. The number of ether oxygens (including phenoxy) is 2. The van der Waals surface area contributed by atoms with Crippen molar-refractivity contribution in [3.63, 3.8) is 0 Å². The second-order valence-corrected chi connectivity index (χ2v) is 11.0. The predicted molar refractivity (Wildman–Crippen MR) is 151 cm³/mol. The van der Waals surface area contributed by atoms with Crippen LogP contribution in [0.2, 0.25) is 0 Å². The van der Waals surface area contributed by atoms with Gasteiger partial charge in [-0.25, -0.2) is 8.42 Å². The number of sulfonamides is 1. The van der Waals surface area contributed by atoms with E-state index in [9.17, 15) is 18.0 Å². The molecule has 0 heterocycles. The van der Waals surface area contributed by atoms with Crippen molar-refractivity contribution in [2.24, 2.45) is 0 Å². The van der Waals surface area contributed by atoms with Gasteiger partial charge in [-0.2, -0.15) is 0 Å². The van der Waals surface area contributed by atoms with Crippen LogP contribution in [0.5, 0.6) is 11.5 Å². The predicted octanol–water partition coefficient (Wildman–Crippen LogP) is 3.68.